The first-order valence-electron chi connectivity index (χ1n) is 9.58. The number of aliphatic hydroxyl groups is 1. The number of para-hydroxylation sites is 2. The molecule has 0 spiro atoms. The molecule has 0 aliphatic heterocycles. The zero-order chi connectivity index (χ0) is 19.5. The fraction of sp³-hybridized carbons (Fsp3) is 0.304. The maximum Gasteiger partial charge on any atom is 0.225 e. The molecule has 1 amide bonds. The van der Waals surface area contributed by atoms with Crippen LogP contribution >= 0.6 is 0 Å². The fourth-order valence-electron chi connectivity index (χ4n) is 3.88. The number of hydrogen-bond acceptors (Lipinski definition) is 4. The molecule has 4 rings (SSSR count). The van der Waals surface area contributed by atoms with Crippen LogP contribution in [0.4, 0.5) is 0 Å². The van der Waals surface area contributed by atoms with Gasteiger partial charge in [0.1, 0.15) is 5.75 Å². The lowest BCUT2D eigenvalue weighted by atomic mass is 9.75. The Morgan fingerprint density at radius 2 is 1.96 bits per heavy atom. The topological polar surface area (TPSA) is 71.5 Å². The lowest BCUT2D eigenvalue weighted by Crippen LogP contribution is -2.42. The smallest absolute Gasteiger partial charge is 0.225 e. The molecule has 1 atom stereocenters. The summed E-state index contributed by atoms with van der Waals surface area (Å²) in [5.74, 6) is 0.851. The quantitative estimate of drug-likeness (QED) is 0.692. The van der Waals surface area contributed by atoms with Crippen molar-refractivity contribution in [2.75, 3.05) is 7.11 Å². The maximum atomic E-state index is 12.8. The highest BCUT2D eigenvalue weighted by molar-refractivity contribution is 5.81. The van der Waals surface area contributed by atoms with E-state index in [1.165, 1.54) is 0 Å². The van der Waals surface area contributed by atoms with Gasteiger partial charge in [0, 0.05) is 17.1 Å². The Bertz CT molecular complexity index is 982. The highest BCUT2D eigenvalue weighted by Crippen LogP contribution is 2.38. The van der Waals surface area contributed by atoms with E-state index >= 15 is 0 Å². The average molecular weight is 376 g/mol. The SMILES string of the molecule is COc1ccccc1CC(=O)N[C@H](c1cnc2ccccc2c1)C1CC(O)C1. The van der Waals surface area contributed by atoms with Crippen LogP contribution in [0.1, 0.15) is 30.0 Å². The van der Waals surface area contributed by atoms with Crippen molar-refractivity contribution in [1.82, 2.24) is 10.3 Å². The summed E-state index contributed by atoms with van der Waals surface area (Å²) >= 11 is 0. The minimum absolute atomic E-state index is 0.0657. The lowest BCUT2D eigenvalue weighted by Gasteiger charge is -2.38. The molecule has 0 unspecified atom stereocenters. The van der Waals surface area contributed by atoms with E-state index < -0.39 is 0 Å². The molecule has 3 aromatic rings. The third-order valence-corrected chi connectivity index (χ3v) is 5.45. The highest BCUT2D eigenvalue weighted by Gasteiger charge is 2.36. The van der Waals surface area contributed by atoms with Gasteiger partial charge in [0.2, 0.25) is 5.91 Å². The molecule has 1 aromatic heterocycles. The first kappa shape index (κ1) is 18.4. The van der Waals surface area contributed by atoms with Crippen molar-refractivity contribution in [2.45, 2.75) is 31.4 Å². The number of ether oxygens (including phenoxy) is 1. The summed E-state index contributed by atoms with van der Waals surface area (Å²) in [7, 11) is 1.61. The monoisotopic (exact) mass is 376 g/mol. The third kappa shape index (κ3) is 3.85. The predicted octanol–water partition coefficient (Wildman–Crippen LogP) is 3.41. The van der Waals surface area contributed by atoms with Gasteiger partial charge in [0.25, 0.3) is 0 Å². The minimum Gasteiger partial charge on any atom is -0.496 e. The number of hydrogen-bond donors (Lipinski definition) is 2. The van der Waals surface area contributed by atoms with E-state index in [1.807, 2.05) is 54.7 Å². The van der Waals surface area contributed by atoms with Crippen molar-refractivity contribution in [3.63, 3.8) is 0 Å². The highest BCUT2D eigenvalue weighted by atomic mass is 16.5. The van der Waals surface area contributed by atoms with Crippen LogP contribution in [0, 0.1) is 5.92 Å². The number of carbonyl (C=O) groups excluding carboxylic acids is 1. The molecule has 1 heterocycles. The molecule has 144 valence electrons. The Kier molecular flexibility index (Phi) is 5.26. The number of benzene rings is 2. The first-order chi connectivity index (χ1) is 13.6. The summed E-state index contributed by atoms with van der Waals surface area (Å²) in [6, 6.07) is 17.4. The zero-order valence-corrected chi connectivity index (χ0v) is 15.8. The van der Waals surface area contributed by atoms with Gasteiger partial charge in [-0.1, -0.05) is 36.4 Å². The van der Waals surface area contributed by atoms with Crippen molar-refractivity contribution in [3.05, 3.63) is 71.9 Å². The molecule has 5 heteroatoms. The van der Waals surface area contributed by atoms with Crippen LogP contribution < -0.4 is 10.1 Å². The summed E-state index contributed by atoms with van der Waals surface area (Å²) in [4.78, 5) is 17.4. The van der Waals surface area contributed by atoms with Gasteiger partial charge in [-0.3, -0.25) is 9.78 Å². The molecule has 1 fully saturated rings. The summed E-state index contributed by atoms with van der Waals surface area (Å²) in [6.07, 6.45) is 3.17. The van der Waals surface area contributed by atoms with E-state index in [0.29, 0.717) is 18.6 Å². The van der Waals surface area contributed by atoms with Gasteiger partial charge in [-0.2, -0.15) is 0 Å². The average Bonchev–Trinajstić information content (AvgIpc) is 2.70. The second-order valence-electron chi connectivity index (χ2n) is 7.38. The standard InChI is InChI=1S/C23H24N2O3/c1-28-21-9-5-3-7-16(21)13-22(27)25-23(17-11-19(26)12-17)18-10-15-6-2-4-8-20(15)24-14-18/h2-10,14,17,19,23,26H,11-13H2,1H3,(H,25,27)/t17?,19?,23-/m0/s1. The van der Waals surface area contributed by atoms with Gasteiger partial charge < -0.3 is 15.2 Å². The molecular weight excluding hydrogens is 352 g/mol. The van der Waals surface area contributed by atoms with Crippen LogP contribution in [0.2, 0.25) is 0 Å². The molecular formula is C23H24N2O3. The van der Waals surface area contributed by atoms with Crippen molar-refractivity contribution < 1.29 is 14.6 Å². The number of rotatable bonds is 6. The molecule has 5 nitrogen and oxygen atoms in total. The van der Waals surface area contributed by atoms with Crippen LogP contribution in [0.25, 0.3) is 10.9 Å². The van der Waals surface area contributed by atoms with E-state index in [1.54, 1.807) is 7.11 Å². The number of aliphatic hydroxyl groups excluding tert-OH is 1. The van der Waals surface area contributed by atoms with Crippen LogP contribution in [0.3, 0.4) is 0 Å². The van der Waals surface area contributed by atoms with Gasteiger partial charge in [-0.05, 0) is 42.5 Å². The minimum atomic E-state index is -0.285. The van der Waals surface area contributed by atoms with Crippen molar-refractivity contribution >= 4 is 16.8 Å². The first-order valence-corrected chi connectivity index (χ1v) is 9.58. The molecule has 0 saturated heterocycles. The third-order valence-electron chi connectivity index (χ3n) is 5.45. The molecule has 1 aliphatic rings. The number of aromatic nitrogens is 1. The Balaban J connectivity index is 1.56. The fourth-order valence-corrected chi connectivity index (χ4v) is 3.88. The van der Waals surface area contributed by atoms with Crippen molar-refractivity contribution in [2.24, 2.45) is 5.92 Å². The van der Waals surface area contributed by atoms with Crippen molar-refractivity contribution in [1.29, 1.82) is 0 Å². The molecule has 0 radical (unpaired) electrons. The molecule has 0 bridgehead atoms. The van der Waals surface area contributed by atoms with Gasteiger partial charge in [-0.25, -0.2) is 0 Å². The van der Waals surface area contributed by atoms with E-state index in [0.717, 1.165) is 22.0 Å². The normalized spacial score (nSPS) is 19.6. The second-order valence-corrected chi connectivity index (χ2v) is 7.38. The molecule has 1 aliphatic carbocycles. The lowest BCUT2D eigenvalue weighted by molar-refractivity contribution is -0.122. The van der Waals surface area contributed by atoms with Gasteiger partial charge in [0.15, 0.2) is 0 Å². The Morgan fingerprint density at radius 3 is 2.75 bits per heavy atom. The summed E-state index contributed by atoms with van der Waals surface area (Å²) < 4.78 is 5.35. The predicted molar refractivity (Wildman–Crippen MR) is 108 cm³/mol. The summed E-state index contributed by atoms with van der Waals surface area (Å²) in [6.45, 7) is 0. The summed E-state index contributed by atoms with van der Waals surface area (Å²) in [5.41, 5.74) is 2.76. The molecule has 28 heavy (non-hydrogen) atoms. The number of pyridine rings is 1. The maximum absolute atomic E-state index is 12.8. The number of nitrogens with one attached hydrogen (secondary N) is 1. The van der Waals surface area contributed by atoms with Crippen LogP contribution in [0.5, 0.6) is 5.75 Å². The number of fused-ring (bicyclic) bond motifs is 1. The van der Waals surface area contributed by atoms with E-state index in [-0.39, 0.29) is 30.4 Å². The van der Waals surface area contributed by atoms with E-state index in [9.17, 15) is 9.90 Å². The second kappa shape index (κ2) is 7.98. The molecule has 2 N–H and O–H groups in total. The van der Waals surface area contributed by atoms with Crippen LogP contribution in [0.15, 0.2) is 60.8 Å². The number of methoxy groups -OCH3 is 1. The number of amides is 1. The zero-order valence-electron chi connectivity index (χ0n) is 15.8. The van der Waals surface area contributed by atoms with Gasteiger partial charge >= 0.3 is 0 Å². The van der Waals surface area contributed by atoms with Gasteiger partial charge in [-0.15, -0.1) is 0 Å². The largest absolute Gasteiger partial charge is 0.496 e. The number of nitrogens with zero attached hydrogens (tertiary/aromatic N) is 1. The van der Waals surface area contributed by atoms with E-state index in [2.05, 4.69) is 16.4 Å². The van der Waals surface area contributed by atoms with Gasteiger partial charge in [0.05, 0.1) is 31.2 Å². The Hall–Kier alpha value is -2.92. The Morgan fingerprint density at radius 1 is 1.21 bits per heavy atom. The Labute approximate surface area is 164 Å². The molecule has 2 aromatic carbocycles. The summed E-state index contributed by atoms with van der Waals surface area (Å²) in [5, 5.41) is 14.0. The van der Waals surface area contributed by atoms with Crippen LogP contribution in [-0.4, -0.2) is 29.2 Å². The number of carbonyl (C=O) groups is 1. The van der Waals surface area contributed by atoms with Crippen molar-refractivity contribution in [3.8, 4) is 5.75 Å². The van der Waals surface area contributed by atoms with E-state index in [4.69, 9.17) is 4.74 Å². The van der Waals surface area contributed by atoms with Crippen LogP contribution in [-0.2, 0) is 11.2 Å². The molecule has 1 saturated carbocycles.